The molecule has 0 saturated carbocycles. The number of benzene rings is 2. The van der Waals surface area contributed by atoms with Crippen LogP contribution in [0.25, 0.3) is 10.9 Å². The van der Waals surface area contributed by atoms with Crippen molar-refractivity contribution in [2.45, 2.75) is 44.2 Å². The summed E-state index contributed by atoms with van der Waals surface area (Å²) in [6.07, 6.45) is 0. The van der Waals surface area contributed by atoms with Gasteiger partial charge in [-0.3, -0.25) is 14.2 Å². The fourth-order valence-electron chi connectivity index (χ4n) is 3.59. The van der Waals surface area contributed by atoms with Crippen LogP contribution in [-0.4, -0.2) is 41.9 Å². The minimum absolute atomic E-state index is 0. The normalized spacial score (nSPS) is 11.7. The molecule has 0 aliphatic carbocycles. The van der Waals surface area contributed by atoms with Gasteiger partial charge >= 0.3 is 0 Å². The van der Waals surface area contributed by atoms with Gasteiger partial charge in [0.15, 0.2) is 5.82 Å². The molecule has 0 saturated heterocycles. The third-order valence-electron chi connectivity index (χ3n) is 5.34. The minimum Gasteiger partial charge on any atom is -0.496 e. The number of anilines is 1. The van der Waals surface area contributed by atoms with E-state index >= 15 is 0 Å². The molecule has 0 atom stereocenters. The van der Waals surface area contributed by atoms with Crippen LogP contribution in [0.15, 0.2) is 58.8 Å². The van der Waals surface area contributed by atoms with Crippen molar-refractivity contribution in [3.05, 3.63) is 70.1 Å². The van der Waals surface area contributed by atoms with E-state index in [1.807, 2.05) is 30.3 Å². The van der Waals surface area contributed by atoms with E-state index in [4.69, 9.17) is 16.3 Å². The number of hydrogen-bond donors (Lipinski definition) is 3. The molecule has 2 aromatic carbocycles. The molecule has 0 radical (unpaired) electrons. The summed E-state index contributed by atoms with van der Waals surface area (Å²) in [5.74, 6) is 0.145. The van der Waals surface area contributed by atoms with Gasteiger partial charge < -0.3 is 15.2 Å². The smallest absolute Gasteiger partial charge is 0.272 e. The first-order valence-corrected chi connectivity index (χ1v) is 13.6. The van der Waals surface area contributed by atoms with Crippen LogP contribution < -0.4 is 14.8 Å². The number of nitrogens with one attached hydrogen (secondary N) is 2. The molecule has 198 valence electrons. The van der Waals surface area contributed by atoms with Crippen LogP contribution in [0.4, 0.5) is 5.82 Å². The van der Waals surface area contributed by atoms with Gasteiger partial charge in [0, 0.05) is 6.54 Å². The maximum Gasteiger partial charge on any atom is 0.272 e. The Balaban J connectivity index is 0.00000380. The maximum absolute atomic E-state index is 13.0. The highest BCUT2D eigenvalue weighted by molar-refractivity contribution is 7.94. The molecule has 0 aliphatic rings. The Bertz CT molecular complexity index is 1520. The summed E-state index contributed by atoms with van der Waals surface area (Å²) in [5.41, 5.74) is 0.936. The molecule has 2 aromatic heterocycles. The Morgan fingerprint density at radius 2 is 1.86 bits per heavy atom. The van der Waals surface area contributed by atoms with Crippen molar-refractivity contribution in [2.75, 3.05) is 11.8 Å². The SMILES string of the molecule is C.COc1cccc2c1c(NS(=O)(=O)c1ccc(Cl)s1)nn2Cc1cccc(CNC(=O)C(C)(C)O)c1. The van der Waals surface area contributed by atoms with Crippen molar-refractivity contribution in [3.8, 4) is 5.75 Å². The molecular formula is C25H29ClN4O5S2. The summed E-state index contributed by atoms with van der Waals surface area (Å²) in [5, 5.41) is 17.6. The molecule has 0 bridgehead atoms. The first-order chi connectivity index (χ1) is 17.0. The lowest BCUT2D eigenvalue weighted by Gasteiger charge is -2.16. The number of halogens is 1. The lowest BCUT2D eigenvalue weighted by Crippen LogP contribution is -2.41. The van der Waals surface area contributed by atoms with Crippen LogP contribution in [0, 0.1) is 0 Å². The van der Waals surface area contributed by atoms with Crippen LogP contribution in [-0.2, 0) is 27.9 Å². The number of fused-ring (bicyclic) bond motifs is 1. The number of nitrogens with zero attached hydrogens (tertiary/aromatic N) is 2. The second-order valence-corrected chi connectivity index (χ2v) is 12.2. The molecule has 37 heavy (non-hydrogen) atoms. The van der Waals surface area contributed by atoms with Gasteiger partial charge in [0.2, 0.25) is 0 Å². The van der Waals surface area contributed by atoms with E-state index in [0.717, 1.165) is 22.5 Å². The van der Waals surface area contributed by atoms with Gasteiger partial charge in [-0.2, -0.15) is 5.10 Å². The molecule has 0 aliphatic heterocycles. The zero-order valence-corrected chi connectivity index (χ0v) is 22.2. The molecule has 0 unspecified atom stereocenters. The highest BCUT2D eigenvalue weighted by Crippen LogP contribution is 2.35. The second-order valence-electron chi connectivity index (χ2n) is 8.59. The van der Waals surface area contributed by atoms with E-state index in [-0.39, 0.29) is 24.0 Å². The summed E-state index contributed by atoms with van der Waals surface area (Å²) in [6.45, 7) is 3.44. The van der Waals surface area contributed by atoms with Crippen LogP contribution in [0.5, 0.6) is 5.75 Å². The lowest BCUT2D eigenvalue weighted by molar-refractivity contribution is -0.136. The Morgan fingerprint density at radius 1 is 1.16 bits per heavy atom. The van der Waals surface area contributed by atoms with Crippen LogP contribution in [0.1, 0.15) is 32.4 Å². The summed E-state index contributed by atoms with van der Waals surface area (Å²) in [4.78, 5) is 12.0. The third kappa shape index (κ3) is 6.42. The van der Waals surface area contributed by atoms with E-state index in [0.29, 0.717) is 27.5 Å². The summed E-state index contributed by atoms with van der Waals surface area (Å²) >= 11 is 6.88. The van der Waals surface area contributed by atoms with E-state index in [1.54, 1.807) is 16.8 Å². The van der Waals surface area contributed by atoms with Gasteiger partial charge in [-0.15, -0.1) is 11.3 Å². The van der Waals surface area contributed by atoms with Crippen molar-refractivity contribution in [3.63, 3.8) is 0 Å². The van der Waals surface area contributed by atoms with Crippen molar-refractivity contribution in [1.29, 1.82) is 0 Å². The minimum atomic E-state index is -3.91. The van der Waals surface area contributed by atoms with Crippen LogP contribution >= 0.6 is 22.9 Å². The fourth-order valence-corrected chi connectivity index (χ4v) is 6.08. The maximum atomic E-state index is 13.0. The number of aromatic nitrogens is 2. The number of amides is 1. The number of methoxy groups -OCH3 is 1. The Kier molecular flexibility index (Phi) is 8.53. The van der Waals surface area contributed by atoms with Gasteiger partial charge in [-0.25, -0.2) is 8.42 Å². The zero-order valence-electron chi connectivity index (χ0n) is 19.8. The van der Waals surface area contributed by atoms with Crippen molar-refractivity contribution >= 4 is 55.6 Å². The summed E-state index contributed by atoms with van der Waals surface area (Å²) < 4.78 is 36.1. The van der Waals surface area contributed by atoms with E-state index in [1.165, 1.54) is 33.1 Å². The Morgan fingerprint density at radius 3 is 2.51 bits per heavy atom. The van der Waals surface area contributed by atoms with Crippen molar-refractivity contribution < 1.29 is 23.1 Å². The molecule has 0 fully saturated rings. The zero-order chi connectivity index (χ0) is 26.1. The van der Waals surface area contributed by atoms with E-state index in [2.05, 4.69) is 15.1 Å². The molecular weight excluding hydrogens is 536 g/mol. The fraction of sp³-hybridized carbons (Fsp3) is 0.280. The van der Waals surface area contributed by atoms with Gasteiger partial charge in [0.25, 0.3) is 15.9 Å². The lowest BCUT2D eigenvalue weighted by atomic mass is 10.1. The molecule has 0 spiro atoms. The molecule has 4 aromatic rings. The van der Waals surface area contributed by atoms with Gasteiger partial charge in [0.1, 0.15) is 15.6 Å². The average molecular weight is 565 g/mol. The number of aliphatic hydroxyl groups is 1. The van der Waals surface area contributed by atoms with Gasteiger partial charge in [-0.05, 0) is 49.2 Å². The Hall–Kier alpha value is -3.12. The number of carbonyl (C=O) groups is 1. The molecule has 1 amide bonds. The molecule has 2 heterocycles. The van der Waals surface area contributed by atoms with Crippen molar-refractivity contribution in [2.24, 2.45) is 0 Å². The number of thiophene rings is 1. The quantitative estimate of drug-likeness (QED) is 0.272. The average Bonchev–Trinajstić information content (AvgIpc) is 3.41. The number of rotatable bonds is 9. The highest BCUT2D eigenvalue weighted by atomic mass is 35.5. The largest absolute Gasteiger partial charge is 0.496 e. The monoisotopic (exact) mass is 564 g/mol. The van der Waals surface area contributed by atoms with E-state index in [9.17, 15) is 18.3 Å². The molecule has 9 nitrogen and oxygen atoms in total. The molecule has 4 rings (SSSR count). The highest BCUT2D eigenvalue weighted by Gasteiger charge is 2.24. The standard InChI is InChI=1S/C24H25ClN4O5S2.CH4/c1-24(2,31)23(30)26-13-15-6-4-7-16(12-15)14-29-17-8-5-9-18(34-3)21(17)22(27-29)28-36(32,33)20-11-10-19(25)35-20;/h4-12,31H,13-14H2,1-3H3,(H,26,30)(H,27,28);1H4. The third-order valence-corrected chi connectivity index (χ3v) is 8.40. The number of hydrogen-bond acceptors (Lipinski definition) is 7. The predicted octanol–water partition coefficient (Wildman–Crippen LogP) is 4.63. The summed E-state index contributed by atoms with van der Waals surface area (Å²) in [7, 11) is -2.40. The number of carbonyl (C=O) groups excluding carboxylic acids is 1. The van der Waals surface area contributed by atoms with Gasteiger partial charge in [0.05, 0.1) is 28.9 Å². The number of sulfonamides is 1. The first-order valence-electron chi connectivity index (χ1n) is 10.9. The van der Waals surface area contributed by atoms with E-state index < -0.39 is 21.5 Å². The molecule has 12 heteroatoms. The van der Waals surface area contributed by atoms with Crippen LogP contribution in [0.2, 0.25) is 4.34 Å². The summed E-state index contributed by atoms with van der Waals surface area (Å²) in [6, 6.07) is 15.9. The first kappa shape index (κ1) is 28.5. The van der Waals surface area contributed by atoms with Crippen LogP contribution in [0.3, 0.4) is 0 Å². The number of ether oxygens (including phenoxy) is 1. The van der Waals surface area contributed by atoms with Crippen molar-refractivity contribution in [1.82, 2.24) is 15.1 Å². The topological polar surface area (TPSA) is 123 Å². The van der Waals surface area contributed by atoms with Gasteiger partial charge in [-0.1, -0.05) is 49.4 Å². The molecule has 3 N–H and O–H groups in total. The predicted molar refractivity (Wildman–Crippen MR) is 147 cm³/mol. The Labute approximate surface area is 225 Å². The second kappa shape index (κ2) is 11.1.